The number of likely N-dealkylation sites (N-methyl/N-ethyl adjacent to an activating group) is 1. The zero-order valence-electron chi connectivity index (χ0n) is 19.9. The van der Waals surface area contributed by atoms with Gasteiger partial charge in [-0.05, 0) is 61.0 Å². The van der Waals surface area contributed by atoms with Crippen LogP contribution in [0.4, 0.5) is 11.5 Å². The molecule has 1 saturated heterocycles. The van der Waals surface area contributed by atoms with E-state index in [1.165, 1.54) is 11.3 Å². The van der Waals surface area contributed by atoms with Crippen LogP contribution < -0.4 is 15.5 Å². The molecule has 0 bridgehead atoms. The van der Waals surface area contributed by atoms with Crippen molar-refractivity contribution in [2.75, 3.05) is 50.1 Å². The highest BCUT2D eigenvalue weighted by Crippen LogP contribution is 2.24. The maximum Gasteiger partial charge on any atom is 0.256 e. The molecule has 2 amide bonds. The number of thiophene rings is 1. The Hall–Kier alpha value is -3.73. The number of carbonyl (C=O) groups excluding carboxylic acids is 2. The fourth-order valence-corrected chi connectivity index (χ4v) is 5.03. The third-order valence-electron chi connectivity index (χ3n) is 6.43. The summed E-state index contributed by atoms with van der Waals surface area (Å²) in [4.78, 5) is 31.3. The quantitative estimate of drug-likeness (QED) is 0.308. The van der Waals surface area contributed by atoms with Crippen LogP contribution in [-0.4, -0.2) is 71.9 Å². The molecular weight excluding hydrogens is 476 g/mol. The fourth-order valence-electron chi connectivity index (χ4n) is 4.26. The van der Waals surface area contributed by atoms with Gasteiger partial charge < -0.3 is 25.5 Å². The molecule has 0 radical (unpaired) electrons. The van der Waals surface area contributed by atoms with Crippen LogP contribution in [0.5, 0.6) is 0 Å². The Morgan fingerprint density at radius 3 is 2.50 bits per heavy atom. The summed E-state index contributed by atoms with van der Waals surface area (Å²) in [5.41, 5.74) is 2.74. The van der Waals surface area contributed by atoms with E-state index in [2.05, 4.69) is 37.7 Å². The van der Waals surface area contributed by atoms with Crippen LogP contribution in [0.2, 0.25) is 0 Å². The maximum atomic E-state index is 12.9. The molecule has 186 valence electrons. The van der Waals surface area contributed by atoms with Crippen molar-refractivity contribution in [2.45, 2.75) is 6.04 Å². The lowest BCUT2D eigenvalue weighted by Crippen LogP contribution is -2.44. The number of hydrogen-bond donors (Lipinski definition) is 4. The van der Waals surface area contributed by atoms with Crippen LogP contribution in [0.3, 0.4) is 0 Å². The number of benzene rings is 2. The molecule has 10 heteroatoms. The first-order chi connectivity index (χ1) is 17.5. The van der Waals surface area contributed by atoms with Crippen molar-refractivity contribution >= 4 is 45.6 Å². The summed E-state index contributed by atoms with van der Waals surface area (Å²) in [6.07, 6.45) is 0. The van der Waals surface area contributed by atoms with Gasteiger partial charge in [-0.3, -0.25) is 14.7 Å². The number of hydrogen-bond acceptors (Lipinski definition) is 7. The Bertz CT molecular complexity index is 1340. The smallest absolute Gasteiger partial charge is 0.256 e. The van der Waals surface area contributed by atoms with E-state index in [0.717, 1.165) is 36.7 Å². The minimum absolute atomic E-state index is 0.199. The number of nitrogens with one attached hydrogen (secondary N) is 3. The first-order valence-electron chi connectivity index (χ1n) is 11.8. The lowest BCUT2D eigenvalue weighted by Gasteiger charge is -2.34. The molecule has 3 heterocycles. The van der Waals surface area contributed by atoms with Gasteiger partial charge in [-0.15, -0.1) is 11.3 Å². The number of carbonyl (C=O) groups is 2. The number of amides is 2. The molecule has 2 aromatic heterocycles. The molecule has 1 unspecified atom stereocenters. The van der Waals surface area contributed by atoms with Crippen LogP contribution in [-0.2, 0) is 0 Å². The van der Waals surface area contributed by atoms with E-state index in [0.29, 0.717) is 27.8 Å². The topological polar surface area (TPSA) is 114 Å². The van der Waals surface area contributed by atoms with Crippen molar-refractivity contribution in [1.82, 2.24) is 20.4 Å². The second kappa shape index (κ2) is 10.5. The summed E-state index contributed by atoms with van der Waals surface area (Å²) in [6, 6.07) is 15.9. The second-order valence-electron chi connectivity index (χ2n) is 8.85. The first kappa shape index (κ1) is 24.0. The van der Waals surface area contributed by atoms with E-state index < -0.39 is 6.04 Å². The zero-order chi connectivity index (χ0) is 25.1. The molecule has 0 saturated carbocycles. The molecule has 0 aliphatic carbocycles. The normalized spacial score (nSPS) is 15.1. The van der Waals surface area contributed by atoms with Crippen LogP contribution in [0.25, 0.3) is 10.9 Å². The number of aromatic amines is 1. The summed E-state index contributed by atoms with van der Waals surface area (Å²) in [7, 11) is 2.12. The number of nitrogens with zero attached hydrogens (tertiary/aromatic N) is 3. The predicted octanol–water partition coefficient (Wildman–Crippen LogP) is 3.09. The molecule has 0 spiro atoms. The number of aliphatic hydroxyl groups excluding tert-OH is 1. The van der Waals surface area contributed by atoms with Gasteiger partial charge in [0.15, 0.2) is 5.82 Å². The lowest BCUT2D eigenvalue weighted by molar-refractivity contribution is 0.0917. The third-order valence-corrected chi connectivity index (χ3v) is 7.42. The number of aliphatic hydroxyl groups is 1. The SMILES string of the molecule is CN1CCN(c2ccc(C(=O)Nc3n[nH]c4ccc(C(=O)NC(CO)c5cccs5)cc34)cc2)CC1. The average molecular weight is 505 g/mol. The van der Waals surface area contributed by atoms with Crippen molar-refractivity contribution in [2.24, 2.45) is 0 Å². The predicted molar refractivity (Wildman–Crippen MR) is 142 cm³/mol. The first-order valence-corrected chi connectivity index (χ1v) is 12.7. The molecule has 1 aliphatic heterocycles. The summed E-state index contributed by atoms with van der Waals surface area (Å²) in [5.74, 6) is -0.242. The Kier molecular flexibility index (Phi) is 6.99. The van der Waals surface area contributed by atoms with Gasteiger partial charge in [0.05, 0.1) is 18.2 Å². The van der Waals surface area contributed by atoms with Gasteiger partial charge in [0, 0.05) is 53.3 Å². The molecule has 4 N–H and O–H groups in total. The minimum atomic E-state index is -0.481. The van der Waals surface area contributed by atoms with Gasteiger partial charge in [-0.1, -0.05) is 6.07 Å². The third kappa shape index (κ3) is 5.11. The highest BCUT2D eigenvalue weighted by atomic mass is 32.1. The van der Waals surface area contributed by atoms with Crippen molar-refractivity contribution in [3.8, 4) is 0 Å². The van der Waals surface area contributed by atoms with Gasteiger partial charge >= 0.3 is 0 Å². The van der Waals surface area contributed by atoms with Gasteiger partial charge in [0.2, 0.25) is 0 Å². The fraction of sp³-hybridized carbons (Fsp3) is 0.269. The molecule has 1 fully saturated rings. The van der Waals surface area contributed by atoms with Crippen LogP contribution >= 0.6 is 11.3 Å². The molecular formula is C26H28N6O3S. The largest absolute Gasteiger partial charge is 0.394 e. The molecule has 1 atom stereocenters. The Labute approximate surface area is 212 Å². The van der Waals surface area contributed by atoms with Crippen molar-refractivity contribution in [3.05, 3.63) is 76.0 Å². The van der Waals surface area contributed by atoms with Crippen LogP contribution in [0.15, 0.2) is 60.0 Å². The van der Waals surface area contributed by atoms with Crippen LogP contribution in [0, 0.1) is 0 Å². The number of rotatable bonds is 7. The standard InChI is InChI=1S/C26H28N6O3S/c1-31-10-12-32(13-11-31)19-7-4-17(5-8-19)25(34)28-24-20-15-18(6-9-21(20)29-30-24)26(35)27-22(16-33)23-3-2-14-36-23/h2-9,14-15,22,33H,10-13,16H2,1H3,(H,27,35)(H2,28,29,30,34). The van der Waals surface area contributed by atoms with Crippen molar-refractivity contribution in [1.29, 1.82) is 0 Å². The molecule has 36 heavy (non-hydrogen) atoms. The molecule has 5 rings (SSSR count). The second-order valence-corrected chi connectivity index (χ2v) is 9.83. The van der Waals surface area contributed by atoms with E-state index in [1.807, 2.05) is 41.8 Å². The summed E-state index contributed by atoms with van der Waals surface area (Å²) in [6.45, 7) is 3.76. The summed E-state index contributed by atoms with van der Waals surface area (Å²) in [5, 5.41) is 25.1. The zero-order valence-corrected chi connectivity index (χ0v) is 20.7. The van der Waals surface area contributed by atoms with Gasteiger partial charge in [0.1, 0.15) is 0 Å². The molecule has 9 nitrogen and oxygen atoms in total. The van der Waals surface area contributed by atoms with E-state index in [1.54, 1.807) is 18.2 Å². The van der Waals surface area contributed by atoms with Gasteiger partial charge in [0.25, 0.3) is 11.8 Å². The Morgan fingerprint density at radius 2 is 1.81 bits per heavy atom. The van der Waals surface area contributed by atoms with Gasteiger partial charge in [-0.25, -0.2) is 0 Å². The number of piperazine rings is 1. The van der Waals surface area contributed by atoms with E-state index in [-0.39, 0.29) is 18.4 Å². The van der Waals surface area contributed by atoms with E-state index >= 15 is 0 Å². The van der Waals surface area contributed by atoms with Crippen LogP contribution in [0.1, 0.15) is 31.6 Å². The maximum absolute atomic E-state index is 12.9. The van der Waals surface area contributed by atoms with Crippen molar-refractivity contribution < 1.29 is 14.7 Å². The number of anilines is 2. The summed E-state index contributed by atoms with van der Waals surface area (Å²) < 4.78 is 0. The molecule has 1 aliphatic rings. The number of aromatic nitrogens is 2. The minimum Gasteiger partial charge on any atom is -0.394 e. The van der Waals surface area contributed by atoms with Crippen molar-refractivity contribution in [3.63, 3.8) is 0 Å². The Morgan fingerprint density at radius 1 is 1.06 bits per heavy atom. The monoisotopic (exact) mass is 504 g/mol. The highest BCUT2D eigenvalue weighted by Gasteiger charge is 2.19. The number of H-pyrrole nitrogens is 1. The average Bonchev–Trinajstić information content (AvgIpc) is 3.58. The lowest BCUT2D eigenvalue weighted by atomic mass is 10.1. The molecule has 2 aromatic carbocycles. The van der Waals surface area contributed by atoms with E-state index in [4.69, 9.17) is 0 Å². The van der Waals surface area contributed by atoms with Gasteiger partial charge in [-0.2, -0.15) is 5.10 Å². The molecule has 4 aromatic rings. The van der Waals surface area contributed by atoms with E-state index in [9.17, 15) is 14.7 Å². The summed E-state index contributed by atoms with van der Waals surface area (Å²) >= 11 is 1.47. The Balaban J connectivity index is 1.29. The highest BCUT2D eigenvalue weighted by molar-refractivity contribution is 7.10. The number of fused-ring (bicyclic) bond motifs is 1.